The van der Waals surface area contributed by atoms with Crippen molar-refractivity contribution in [3.8, 4) is 0 Å². The zero-order valence-electron chi connectivity index (χ0n) is 11.2. The summed E-state index contributed by atoms with van der Waals surface area (Å²) >= 11 is 1.79. The van der Waals surface area contributed by atoms with Crippen LogP contribution < -0.4 is 5.32 Å². The highest BCUT2D eigenvalue weighted by Gasteiger charge is 2.07. The second-order valence-corrected chi connectivity index (χ2v) is 6.00. The first-order valence-corrected chi connectivity index (χ1v) is 7.17. The van der Waals surface area contributed by atoms with Crippen molar-refractivity contribution in [3.05, 3.63) is 51.5 Å². The highest BCUT2D eigenvalue weighted by atomic mass is 32.1. The van der Waals surface area contributed by atoms with Crippen molar-refractivity contribution in [2.24, 2.45) is 0 Å². The van der Waals surface area contributed by atoms with E-state index in [4.69, 9.17) is 0 Å². The highest BCUT2D eigenvalue weighted by Crippen LogP contribution is 2.17. The van der Waals surface area contributed by atoms with Gasteiger partial charge in [-0.3, -0.25) is 0 Å². The van der Waals surface area contributed by atoms with Crippen LogP contribution in [0.2, 0.25) is 0 Å². The third kappa shape index (κ3) is 3.65. The molecule has 96 valence electrons. The van der Waals surface area contributed by atoms with Gasteiger partial charge in [0.2, 0.25) is 0 Å². The van der Waals surface area contributed by atoms with Crippen LogP contribution in [-0.4, -0.2) is 11.0 Å². The standard InChI is InChI=1S/C15H20N2S/c1-11(9-14-7-5-4-6-8-14)16-10-15-12(2)17-13(3)18-15/h4-8,11,16H,9-10H2,1-3H3. The van der Waals surface area contributed by atoms with Gasteiger partial charge < -0.3 is 5.32 Å². The van der Waals surface area contributed by atoms with Crippen LogP contribution >= 0.6 is 11.3 Å². The average molecular weight is 260 g/mol. The molecule has 3 heteroatoms. The number of thiazole rings is 1. The monoisotopic (exact) mass is 260 g/mol. The summed E-state index contributed by atoms with van der Waals surface area (Å²) in [5.41, 5.74) is 2.55. The minimum absolute atomic E-state index is 0.481. The van der Waals surface area contributed by atoms with Crippen LogP contribution in [0.25, 0.3) is 0 Å². The van der Waals surface area contributed by atoms with E-state index in [1.54, 1.807) is 11.3 Å². The van der Waals surface area contributed by atoms with E-state index in [-0.39, 0.29) is 0 Å². The third-order valence-electron chi connectivity index (χ3n) is 3.00. The average Bonchev–Trinajstić information content (AvgIpc) is 2.66. The van der Waals surface area contributed by atoms with Crippen LogP contribution in [0, 0.1) is 13.8 Å². The molecular weight excluding hydrogens is 240 g/mol. The normalized spacial score (nSPS) is 12.6. The number of hydrogen-bond donors (Lipinski definition) is 1. The Bertz CT molecular complexity index is 490. The number of rotatable bonds is 5. The molecule has 0 aliphatic rings. The van der Waals surface area contributed by atoms with Crippen LogP contribution in [0.4, 0.5) is 0 Å². The number of nitrogens with zero attached hydrogens (tertiary/aromatic N) is 1. The molecule has 0 amide bonds. The summed E-state index contributed by atoms with van der Waals surface area (Å²) in [5.74, 6) is 0. The molecular formula is C15H20N2S. The molecule has 0 fully saturated rings. The second-order valence-electron chi connectivity index (χ2n) is 4.71. The molecule has 0 aliphatic heterocycles. The van der Waals surface area contributed by atoms with Gasteiger partial charge in [-0.05, 0) is 32.8 Å². The van der Waals surface area contributed by atoms with Crippen molar-refractivity contribution in [2.45, 2.75) is 39.8 Å². The molecule has 0 radical (unpaired) electrons. The fourth-order valence-corrected chi connectivity index (χ4v) is 2.93. The maximum atomic E-state index is 4.45. The van der Waals surface area contributed by atoms with Crippen molar-refractivity contribution < 1.29 is 0 Å². The van der Waals surface area contributed by atoms with Crippen molar-refractivity contribution in [3.63, 3.8) is 0 Å². The smallest absolute Gasteiger partial charge is 0.0900 e. The summed E-state index contributed by atoms with van der Waals surface area (Å²) in [6, 6.07) is 11.1. The number of aryl methyl sites for hydroxylation is 2. The van der Waals surface area contributed by atoms with Gasteiger partial charge in [0.1, 0.15) is 0 Å². The maximum Gasteiger partial charge on any atom is 0.0900 e. The lowest BCUT2D eigenvalue weighted by Crippen LogP contribution is -2.27. The Hall–Kier alpha value is -1.19. The summed E-state index contributed by atoms with van der Waals surface area (Å²) in [4.78, 5) is 5.81. The molecule has 2 aromatic rings. The predicted octanol–water partition coefficient (Wildman–Crippen LogP) is 3.48. The third-order valence-corrected chi connectivity index (χ3v) is 4.07. The molecule has 0 bridgehead atoms. The van der Waals surface area contributed by atoms with Crippen LogP contribution in [-0.2, 0) is 13.0 Å². The van der Waals surface area contributed by atoms with Gasteiger partial charge >= 0.3 is 0 Å². The van der Waals surface area contributed by atoms with Crippen LogP contribution in [0.15, 0.2) is 30.3 Å². The fraction of sp³-hybridized carbons (Fsp3) is 0.400. The number of benzene rings is 1. The largest absolute Gasteiger partial charge is 0.309 e. The van der Waals surface area contributed by atoms with E-state index < -0.39 is 0 Å². The summed E-state index contributed by atoms with van der Waals surface area (Å²) in [6.45, 7) is 7.30. The van der Waals surface area contributed by atoms with Gasteiger partial charge in [0.05, 0.1) is 10.7 Å². The van der Waals surface area contributed by atoms with E-state index in [2.05, 4.69) is 61.4 Å². The van der Waals surface area contributed by atoms with Gasteiger partial charge in [-0.25, -0.2) is 4.98 Å². The van der Waals surface area contributed by atoms with Gasteiger partial charge in [-0.2, -0.15) is 0 Å². The minimum atomic E-state index is 0.481. The lowest BCUT2D eigenvalue weighted by molar-refractivity contribution is 0.547. The van der Waals surface area contributed by atoms with Crippen LogP contribution in [0.3, 0.4) is 0 Å². The lowest BCUT2D eigenvalue weighted by atomic mass is 10.1. The van der Waals surface area contributed by atoms with E-state index in [1.165, 1.54) is 10.4 Å². The Morgan fingerprint density at radius 3 is 2.56 bits per heavy atom. The molecule has 1 N–H and O–H groups in total. The summed E-state index contributed by atoms with van der Waals surface area (Å²) in [5, 5.41) is 4.72. The molecule has 0 spiro atoms. The quantitative estimate of drug-likeness (QED) is 0.890. The van der Waals surface area contributed by atoms with E-state index in [0.29, 0.717) is 6.04 Å². The minimum Gasteiger partial charge on any atom is -0.309 e. The molecule has 0 saturated carbocycles. The van der Waals surface area contributed by atoms with E-state index in [0.717, 1.165) is 23.7 Å². The van der Waals surface area contributed by atoms with Gasteiger partial charge in [-0.1, -0.05) is 30.3 Å². The van der Waals surface area contributed by atoms with E-state index >= 15 is 0 Å². The SMILES string of the molecule is Cc1nc(C)c(CNC(C)Cc2ccccc2)s1. The topological polar surface area (TPSA) is 24.9 Å². The fourth-order valence-electron chi connectivity index (χ4n) is 2.04. The molecule has 18 heavy (non-hydrogen) atoms. The molecule has 1 heterocycles. The van der Waals surface area contributed by atoms with Crippen molar-refractivity contribution in [2.75, 3.05) is 0 Å². The second kappa shape index (κ2) is 6.12. The molecule has 0 aliphatic carbocycles. The number of aromatic nitrogens is 1. The van der Waals surface area contributed by atoms with Gasteiger partial charge in [-0.15, -0.1) is 11.3 Å². The van der Waals surface area contributed by atoms with Crippen molar-refractivity contribution in [1.29, 1.82) is 0 Å². The van der Waals surface area contributed by atoms with E-state index in [1.807, 2.05) is 0 Å². The maximum absolute atomic E-state index is 4.45. The first-order valence-electron chi connectivity index (χ1n) is 6.35. The Balaban J connectivity index is 1.85. The molecule has 0 saturated heterocycles. The summed E-state index contributed by atoms with van der Waals surface area (Å²) < 4.78 is 0. The predicted molar refractivity (Wildman–Crippen MR) is 78.0 cm³/mol. The summed E-state index contributed by atoms with van der Waals surface area (Å²) in [7, 11) is 0. The zero-order chi connectivity index (χ0) is 13.0. The molecule has 1 aromatic heterocycles. The number of nitrogens with one attached hydrogen (secondary N) is 1. The van der Waals surface area contributed by atoms with Gasteiger partial charge in [0.15, 0.2) is 0 Å². The van der Waals surface area contributed by atoms with Crippen molar-refractivity contribution in [1.82, 2.24) is 10.3 Å². The van der Waals surface area contributed by atoms with E-state index in [9.17, 15) is 0 Å². The zero-order valence-corrected chi connectivity index (χ0v) is 12.1. The molecule has 2 nitrogen and oxygen atoms in total. The highest BCUT2D eigenvalue weighted by molar-refractivity contribution is 7.11. The Labute approximate surface area is 113 Å². The molecule has 1 aromatic carbocycles. The first kappa shape index (κ1) is 13.2. The molecule has 2 rings (SSSR count). The Morgan fingerprint density at radius 1 is 1.22 bits per heavy atom. The van der Waals surface area contributed by atoms with Gasteiger partial charge in [0, 0.05) is 17.5 Å². The molecule has 1 unspecified atom stereocenters. The number of hydrogen-bond acceptors (Lipinski definition) is 3. The summed E-state index contributed by atoms with van der Waals surface area (Å²) in [6.07, 6.45) is 1.07. The van der Waals surface area contributed by atoms with Gasteiger partial charge in [0.25, 0.3) is 0 Å². The molecule has 1 atom stereocenters. The van der Waals surface area contributed by atoms with Crippen LogP contribution in [0.5, 0.6) is 0 Å². The lowest BCUT2D eigenvalue weighted by Gasteiger charge is -2.13. The Morgan fingerprint density at radius 2 is 1.94 bits per heavy atom. The Kier molecular flexibility index (Phi) is 4.50. The van der Waals surface area contributed by atoms with Crippen LogP contribution in [0.1, 0.15) is 28.1 Å². The first-order chi connectivity index (χ1) is 8.65. The van der Waals surface area contributed by atoms with Crippen molar-refractivity contribution >= 4 is 11.3 Å².